The molecule has 1 amide bonds. The molecule has 0 unspecified atom stereocenters. The topological polar surface area (TPSA) is 142 Å². The molecule has 5 aromatic carbocycles. The third-order valence-corrected chi connectivity index (χ3v) is 9.51. The number of hydrogen-bond donors (Lipinski definition) is 1. The Morgan fingerprint density at radius 1 is 0.942 bits per heavy atom. The van der Waals surface area contributed by atoms with Gasteiger partial charge in [0.2, 0.25) is 0 Å². The number of anilines is 1. The van der Waals surface area contributed by atoms with Gasteiger partial charge in [-0.25, -0.2) is 9.79 Å². The van der Waals surface area contributed by atoms with Crippen LogP contribution in [0.3, 0.4) is 0 Å². The van der Waals surface area contributed by atoms with Crippen LogP contribution in [0.1, 0.15) is 41.4 Å². The van der Waals surface area contributed by atoms with E-state index in [4.69, 9.17) is 14.5 Å². The number of benzene rings is 5. The number of non-ortho nitro benzene ring substituents is 1. The van der Waals surface area contributed by atoms with E-state index in [1.54, 1.807) is 49.4 Å². The van der Waals surface area contributed by atoms with E-state index in [0.717, 1.165) is 22.1 Å². The van der Waals surface area contributed by atoms with E-state index in [1.165, 1.54) is 28.8 Å². The van der Waals surface area contributed by atoms with Crippen LogP contribution in [-0.4, -0.2) is 28.0 Å². The Bertz CT molecular complexity index is 2580. The van der Waals surface area contributed by atoms with E-state index in [-0.39, 0.29) is 22.6 Å². The lowest BCUT2D eigenvalue weighted by atomic mass is 9.95. The molecule has 1 N–H and O–H groups in total. The van der Waals surface area contributed by atoms with Crippen molar-refractivity contribution in [2.24, 2.45) is 4.99 Å². The number of ether oxygens (including phenoxy) is 2. The molecular formula is C40H30N4O7S. The van der Waals surface area contributed by atoms with E-state index in [9.17, 15) is 24.5 Å². The largest absolute Gasteiger partial charge is 0.494 e. The first-order valence-corrected chi connectivity index (χ1v) is 17.1. The lowest BCUT2D eigenvalue weighted by Gasteiger charge is -2.25. The van der Waals surface area contributed by atoms with Gasteiger partial charge in [0.25, 0.3) is 17.2 Å². The summed E-state index contributed by atoms with van der Waals surface area (Å²) in [6.07, 6.45) is 1.67. The molecule has 0 spiro atoms. The molecular weight excluding hydrogens is 681 g/mol. The average molecular weight is 711 g/mol. The first-order chi connectivity index (χ1) is 25.2. The van der Waals surface area contributed by atoms with E-state index >= 15 is 0 Å². The molecule has 0 bridgehead atoms. The maximum Gasteiger partial charge on any atom is 0.343 e. The highest BCUT2D eigenvalue weighted by atomic mass is 32.1. The van der Waals surface area contributed by atoms with Gasteiger partial charge in [-0.15, -0.1) is 0 Å². The zero-order valence-corrected chi connectivity index (χ0v) is 28.8. The predicted octanol–water partition coefficient (Wildman–Crippen LogP) is 6.55. The number of para-hydroxylation sites is 1. The minimum absolute atomic E-state index is 0.122. The molecule has 52 heavy (non-hydrogen) atoms. The zero-order valence-electron chi connectivity index (χ0n) is 27.9. The number of amides is 1. The summed E-state index contributed by atoms with van der Waals surface area (Å²) >= 11 is 1.16. The molecule has 1 aromatic heterocycles. The van der Waals surface area contributed by atoms with Gasteiger partial charge in [-0.05, 0) is 78.7 Å². The standard InChI is InChI=1S/C40H30N4O7S/c1-3-50-30-20-15-26(16-21-30)36-35(37(45)42-28-10-5-4-6-11-28)24(2)41-40-43(36)38(46)34(52-40)23-32-31-12-8-7-9-25(31)17-22-33(32)51-39(47)27-13-18-29(19-14-27)44(48)49/h4-23,36H,3H2,1-2H3,(H,42,45)/b34-23-/t36-/m1/s1. The Labute approximate surface area is 300 Å². The van der Waals surface area contributed by atoms with Crippen LogP contribution in [0.15, 0.2) is 136 Å². The number of nitrogens with zero attached hydrogens (tertiary/aromatic N) is 3. The van der Waals surface area contributed by atoms with Crippen LogP contribution >= 0.6 is 11.3 Å². The van der Waals surface area contributed by atoms with Crippen molar-refractivity contribution in [1.29, 1.82) is 0 Å². The van der Waals surface area contributed by atoms with Gasteiger partial charge in [-0.1, -0.05) is 72.0 Å². The Morgan fingerprint density at radius 2 is 1.65 bits per heavy atom. The summed E-state index contributed by atoms with van der Waals surface area (Å²) in [5.74, 6) is -0.270. The van der Waals surface area contributed by atoms with Crippen LogP contribution in [0, 0.1) is 10.1 Å². The van der Waals surface area contributed by atoms with E-state index in [0.29, 0.717) is 49.8 Å². The molecule has 0 radical (unpaired) electrons. The lowest BCUT2D eigenvalue weighted by Crippen LogP contribution is -2.40. The average Bonchev–Trinajstić information content (AvgIpc) is 3.46. The number of aromatic nitrogens is 1. The third-order valence-electron chi connectivity index (χ3n) is 8.53. The summed E-state index contributed by atoms with van der Waals surface area (Å²) in [6, 6.07) is 31.6. The number of nitrogens with one attached hydrogen (secondary N) is 1. The van der Waals surface area contributed by atoms with E-state index in [1.807, 2.05) is 61.5 Å². The highest BCUT2D eigenvalue weighted by Gasteiger charge is 2.32. The van der Waals surface area contributed by atoms with Crippen molar-refractivity contribution in [2.75, 3.05) is 11.9 Å². The number of hydrogen-bond acceptors (Lipinski definition) is 9. The van der Waals surface area contributed by atoms with Crippen LogP contribution in [0.2, 0.25) is 0 Å². The van der Waals surface area contributed by atoms with Crippen molar-refractivity contribution in [3.8, 4) is 11.5 Å². The number of carbonyl (C=O) groups is 2. The van der Waals surface area contributed by atoms with Crippen molar-refractivity contribution in [3.05, 3.63) is 173 Å². The summed E-state index contributed by atoms with van der Waals surface area (Å²) in [4.78, 5) is 57.5. The highest BCUT2D eigenvalue weighted by Crippen LogP contribution is 2.33. The van der Waals surface area contributed by atoms with Crippen LogP contribution in [-0.2, 0) is 4.79 Å². The van der Waals surface area contributed by atoms with Gasteiger partial charge in [0.05, 0.1) is 38.9 Å². The fraction of sp³-hybridized carbons (Fsp3) is 0.100. The number of carbonyl (C=O) groups excluding carboxylic acids is 2. The Balaban J connectivity index is 1.36. The minimum Gasteiger partial charge on any atom is -0.494 e. The van der Waals surface area contributed by atoms with Gasteiger partial charge in [0.1, 0.15) is 11.5 Å². The van der Waals surface area contributed by atoms with Crippen molar-refractivity contribution in [1.82, 2.24) is 4.57 Å². The second-order valence-corrected chi connectivity index (χ2v) is 12.8. The number of allylic oxidation sites excluding steroid dienone is 1. The van der Waals surface area contributed by atoms with E-state index in [2.05, 4.69) is 5.32 Å². The summed E-state index contributed by atoms with van der Waals surface area (Å²) in [5.41, 5.74) is 2.12. The summed E-state index contributed by atoms with van der Waals surface area (Å²) in [6.45, 7) is 4.12. The van der Waals surface area contributed by atoms with Gasteiger partial charge < -0.3 is 14.8 Å². The first kappa shape index (κ1) is 33.8. The molecule has 0 saturated heterocycles. The van der Waals surface area contributed by atoms with Gasteiger partial charge in [-0.2, -0.15) is 0 Å². The molecule has 1 atom stereocenters. The number of nitro groups is 1. The molecule has 7 rings (SSSR count). The van der Waals surface area contributed by atoms with Gasteiger partial charge >= 0.3 is 5.97 Å². The van der Waals surface area contributed by atoms with Gasteiger partial charge in [0.15, 0.2) is 4.80 Å². The fourth-order valence-electron chi connectivity index (χ4n) is 6.08. The molecule has 1 aliphatic heterocycles. The molecule has 258 valence electrons. The SMILES string of the molecule is CCOc1ccc([C@@H]2C(C(=O)Nc3ccccc3)=C(C)N=c3s/c(=C\c4c(OC(=O)c5ccc([N+](=O)[O-])cc5)ccc5ccccc45)c(=O)n32)cc1. The van der Waals surface area contributed by atoms with Crippen LogP contribution in [0.25, 0.3) is 16.8 Å². The molecule has 1 aliphatic rings. The fourth-order valence-corrected chi connectivity index (χ4v) is 7.11. The molecule has 11 nitrogen and oxygen atoms in total. The van der Waals surface area contributed by atoms with Crippen LogP contribution in [0.4, 0.5) is 11.4 Å². The minimum atomic E-state index is -0.815. The summed E-state index contributed by atoms with van der Waals surface area (Å²) in [5, 5.41) is 15.7. The van der Waals surface area contributed by atoms with Crippen molar-refractivity contribution in [2.45, 2.75) is 19.9 Å². The number of thiazole rings is 1. The number of rotatable bonds is 9. The molecule has 12 heteroatoms. The van der Waals surface area contributed by atoms with Crippen molar-refractivity contribution in [3.63, 3.8) is 0 Å². The molecule has 0 saturated carbocycles. The van der Waals surface area contributed by atoms with Gasteiger partial charge in [-0.3, -0.25) is 24.3 Å². The monoisotopic (exact) mass is 710 g/mol. The normalized spacial score (nSPS) is 14.0. The Hall–Kier alpha value is -6.66. The van der Waals surface area contributed by atoms with Crippen LogP contribution < -0.4 is 29.7 Å². The Morgan fingerprint density at radius 3 is 2.37 bits per heavy atom. The predicted molar refractivity (Wildman–Crippen MR) is 198 cm³/mol. The van der Waals surface area contributed by atoms with Gasteiger partial charge in [0, 0.05) is 23.4 Å². The lowest BCUT2D eigenvalue weighted by molar-refractivity contribution is -0.384. The zero-order chi connectivity index (χ0) is 36.4. The molecule has 2 heterocycles. The van der Waals surface area contributed by atoms with Crippen molar-refractivity contribution < 1.29 is 24.0 Å². The maximum absolute atomic E-state index is 14.5. The molecule has 0 fully saturated rings. The summed E-state index contributed by atoms with van der Waals surface area (Å²) < 4.78 is 13.3. The number of nitro benzene ring substituents is 1. The third kappa shape index (κ3) is 6.62. The smallest absolute Gasteiger partial charge is 0.343 e. The quantitative estimate of drug-likeness (QED) is 0.0776. The van der Waals surface area contributed by atoms with E-state index < -0.39 is 22.8 Å². The van der Waals surface area contributed by atoms with Crippen LogP contribution in [0.5, 0.6) is 11.5 Å². The second kappa shape index (κ2) is 14.3. The number of esters is 1. The summed E-state index contributed by atoms with van der Waals surface area (Å²) in [7, 11) is 0. The van der Waals surface area contributed by atoms with Crippen molar-refractivity contribution >= 4 is 51.4 Å². The number of fused-ring (bicyclic) bond motifs is 2. The highest BCUT2D eigenvalue weighted by molar-refractivity contribution is 7.07. The molecule has 6 aromatic rings. The second-order valence-electron chi connectivity index (χ2n) is 11.8. The Kier molecular flexibility index (Phi) is 9.29. The maximum atomic E-state index is 14.5. The first-order valence-electron chi connectivity index (χ1n) is 16.3. The molecule has 0 aliphatic carbocycles.